The van der Waals surface area contributed by atoms with Crippen molar-refractivity contribution in [3.63, 3.8) is 0 Å². The summed E-state index contributed by atoms with van der Waals surface area (Å²) >= 11 is 0. The Morgan fingerprint density at radius 2 is 2.05 bits per heavy atom. The van der Waals surface area contributed by atoms with Gasteiger partial charge in [0, 0.05) is 32.8 Å². The molecule has 20 heavy (non-hydrogen) atoms. The summed E-state index contributed by atoms with van der Waals surface area (Å²) in [6.07, 6.45) is 0. The average molecular weight is 280 g/mol. The first kappa shape index (κ1) is 16.5. The predicted octanol–water partition coefficient (Wildman–Crippen LogP) is 1.58. The van der Waals surface area contributed by atoms with Crippen LogP contribution in [0.2, 0.25) is 0 Å². The predicted molar refractivity (Wildman–Crippen MR) is 78.8 cm³/mol. The van der Waals surface area contributed by atoms with Gasteiger partial charge in [0.15, 0.2) is 0 Å². The van der Waals surface area contributed by atoms with Crippen LogP contribution in [0.5, 0.6) is 5.75 Å². The van der Waals surface area contributed by atoms with Gasteiger partial charge >= 0.3 is 0 Å². The van der Waals surface area contributed by atoms with E-state index in [9.17, 15) is 4.79 Å². The van der Waals surface area contributed by atoms with Crippen molar-refractivity contribution >= 4 is 5.91 Å². The van der Waals surface area contributed by atoms with Crippen LogP contribution in [0.1, 0.15) is 24.1 Å². The highest BCUT2D eigenvalue weighted by Crippen LogP contribution is 2.23. The molecule has 0 aromatic heterocycles. The summed E-state index contributed by atoms with van der Waals surface area (Å²) in [6.45, 7) is 2.85. The number of ether oxygens (including phenoxy) is 2. The van der Waals surface area contributed by atoms with Crippen LogP contribution in [0.15, 0.2) is 18.2 Å². The Kier molecular flexibility index (Phi) is 6.48. The minimum atomic E-state index is 0.0578. The first-order chi connectivity index (χ1) is 9.49. The zero-order valence-electron chi connectivity index (χ0n) is 12.9. The maximum Gasteiger partial charge on any atom is 0.236 e. The summed E-state index contributed by atoms with van der Waals surface area (Å²) in [5.74, 6) is 0.870. The number of amides is 1. The minimum Gasteiger partial charge on any atom is -0.496 e. The number of hydrogen-bond acceptors (Lipinski definition) is 4. The normalized spacial score (nSPS) is 12.1. The van der Waals surface area contributed by atoms with Crippen molar-refractivity contribution in [2.45, 2.75) is 19.6 Å². The van der Waals surface area contributed by atoms with Crippen LogP contribution in [0.25, 0.3) is 0 Å². The van der Waals surface area contributed by atoms with Crippen LogP contribution in [-0.4, -0.2) is 45.7 Å². The Labute approximate surface area is 120 Å². The molecule has 1 amide bonds. The Hall–Kier alpha value is -1.59. The van der Waals surface area contributed by atoms with Gasteiger partial charge < -0.3 is 19.7 Å². The fraction of sp³-hybridized carbons (Fsp3) is 0.533. The lowest BCUT2D eigenvalue weighted by atomic mass is 10.0. The summed E-state index contributed by atoms with van der Waals surface area (Å²) < 4.78 is 10.5. The van der Waals surface area contributed by atoms with Crippen LogP contribution in [0, 0.1) is 0 Å². The number of methoxy groups -OCH3 is 2. The third-order valence-corrected chi connectivity index (χ3v) is 3.16. The third kappa shape index (κ3) is 4.51. The number of likely N-dealkylation sites (N-methyl/N-ethyl adjacent to an activating group) is 1. The van der Waals surface area contributed by atoms with E-state index in [1.54, 1.807) is 33.2 Å². The van der Waals surface area contributed by atoms with E-state index in [1.807, 2.05) is 25.1 Å². The molecular weight excluding hydrogens is 256 g/mol. The molecule has 1 rings (SSSR count). The first-order valence-electron chi connectivity index (χ1n) is 6.58. The van der Waals surface area contributed by atoms with Crippen molar-refractivity contribution in [1.29, 1.82) is 0 Å². The summed E-state index contributed by atoms with van der Waals surface area (Å²) in [5.41, 5.74) is 2.10. The Balaban J connectivity index is 2.75. The summed E-state index contributed by atoms with van der Waals surface area (Å²) in [5, 5.41) is 3.21. The fourth-order valence-corrected chi connectivity index (χ4v) is 1.85. The topological polar surface area (TPSA) is 50.8 Å². The van der Waals surface area contributed by atoms with Crippen LogP contribution in [0.3, 0.4) is 0 Å². The van der Waals surface area contributed by atoms with E-state index in [1.165, 1.54) is 0 Å². The van der Waals surface area contributed by atoms with Crippen molar-refractivity contribution in [2.24, 2.45) is 0 Å². The number of carbonyl (C=O) groups is 1. The molecule has 1 aromatic rings. The van der Waals surface area contributed by atoms with Gasteiger partial charge in [0.25, 0.3) is 0 Å². The molecule has 0 heterocycles. The lowest BCUT2D eigenvalue weighted by Gasteiger charge is -2.18. The highest BCUT2D eigenvalue weighted by atomic mass is 16.5. The van der Waals surface area contributed by atoms with Crippen LogP contribution in [-0.2, 0) is 16.1 Å². The number of benzene rings is 1. The number of rotatable bonds is 7. The molecule has 1 N–H and O–H groups in total. The van der Waals surface area contributed by atoms with Gasteiger partial charge in [-0.25, -0.2) is 0 Å². The number of nitrogens with one attached hydrogen (secondary N) is 1. The van der Waals surface area contributed by atoms with E-state index >= 15 is 0 Å². The summed E-state index contributed by atoms with van der Waals surface area (Å²) in [6, 6.07) is 6.05. The van der Waals surface area contributed by atoms with E-state index in [-0.39, 0.29) is 11.9 Å². The fourth-order valence-electron chi connectivity index (χ4n) is 1.85. The molecule has 0 aliphatic rings. The molecule has 0 aliphatic heterocycles. The molecule has 5 heteroatoms. The van der Waals surface area contributed by atoms with Crippen LogP contribution >= 0.6 is 0 Å². The van der Waals surface area contributed by atoms with Crippen molar-refractivity contribution in [2.75, 3.05) is 34.9 Å². The molecule has 0 aliphatic carbocycles. The molecule has 1 unspecified atom stereocenters. The number of nitrogens with zero attached hydrogens (tertiary/aromatic N) is 1. The molecular formula is C15H24N2O3. The highest BCUT2D eigenvalue weighted by molar-refractivity contribution is 5.77. The Morgan fingerprint density at radius 1 is 1.35 bits per heavy atom. The molecule has 0 bridgehead atoms. The quantitative estimate of drug-likeness (QED) is 0.824. The van der Waals surface area contributed by atoms with Gasteiger partial charge in [0.05, 0.1) is 20.3 Å². The monoisotopic (exact) mass is 280 g/mol. The first-order valence-corrected chi connectivity index (χ1v) is 6.58. The number of hydrogen-bond donors (Lipinski definition) is 1. The van der Waals surface area contributed by atoms with Gasteiger partial charge in [0.2, 0.25) is 5.91 Å². The van der Waals surface area contributed by atoms with E-state index in [0.29, 0.717) is 13.2 Å². The van der Waals surface area contributed by atoms with Gasteiger partial charge in [0.1, 0.15) is 5.75 Å². The minimum absolute atomic E-state index is 0.0578. The van der Waals surface area contributed by atoms with Gasteiger partial charge in [-0.3, -0.25) is 4.79 Å². The highest BCUT2D eigenvalue weighted by Gasteiger charge is 2.11. The maximum atomic E-state index is 11.6. The lowest BCUT2D eigenvalue weighted by Crippen LogP contribution is -2.34. The van der Waals surface area contributed by atoms with E-state index in [2.05, 4.69) is 5.32 Å². The van der Waals surface area contributed by atoms with Crippen molar-refractivity contribution < 1.29 is 14.3 Å². The standard InChI is InChI=1S/C15H24N2O3/c1-11(16-9-15(18)17(2)3)12-6-7-14(20-5)13(8-12)10-19-4/h6-8,11,16H,9-10H2,1-5H3. The molecule has 112 valence electrons. The van der Waals surface area contributed by atoms with Crippen molar-refractivity contribution in [1.82, 2.24) is 10.2 Å². The van der Waals surface area contributed by atoms with E-state index in [0.717, 1.165) is 16.9 Å². The van der Waals surface area contributed by atoms with Crippen molar-refractivity contribution in [3.05, 3.63) is 29.3 Å². The van der Waals surface area contributed by atoms with Crippen LogP contribution < -0.4 is 10.1 Å². The molecule has 0 fully saturated rings. The summed E-state index contributed by atoms with van der Waals surface area (Å²) in [7, 11) is 6.80. The largest absolute Gasteiger partial charge is 0.496 e. The van der Waals surface area contributed by atoms with E-state index in [4.69, 9.17) is 9.47 Å². The Morgan fingerprint density at radius 3 is 2.60 bits per heavy atom. The second kappa shape index (κ2) is 7.87. The molecule has 0 saturated carbocycles. The molecule has 0 spiro atoms. The second-order valence-electron chi connectivity index (χ2n) is 4.90. The van der Waals surface area contributed by atoms with Crippen molar-refractivity contribution in [3.8, 4) is 5.75 Å². The third-order valence-electron chi connectivity index (χ3n) is 3.16. The Bertz CT molecular complexity index is 447. The molecule has 5 nitrogen and oxygen atoms in total. The molecule has 1 atom stereocenters. The molecule has 0 saturated heterocycles. The summed E-state index contributed by atoms with van der Waals surface area (Å²) in [4.78, 5) is 13.1. The van der Waals surface area contributed by atoms with E-state index < -0.39 is 0 Å². The van der Waals surface area contributed by atoms with Gasteiger partial charge in [-0.2, -0.15) is 0 Å². The number of carbonyl (C=O) groups excluding carboxylic acids is 1. The van der Waals surface area contributed by atoms with Crippen LogP contribution in [0.4, 0.5) is 0 Å². The average Bonchev–Trinajstić information content (AvgIpc) is 2.44. The van der Waals surface area contributed by atoms with Gasteiger partial charge in [-0.15, -0.1) is 0 Å². The zero-order chi connectivity index (χ0) is 15.1. The maximum absolute atomic E-state index is 11.6. The second-order valence-corrected chi connectivity index (χ2v) is 4.90. The van der Waals surface area contributed by atoms with Gasteiger partial charge in [-0.05, 0) is 24.6 Å². The molecule has 1 aromatic carbocycles. The lowest BCUT2D eigenvalue weighted by molar-refractivity contribution is -0.127. The molecule has 0 radical (unpaired) electrons. The van der Waals surface area contributed by atoms with Gasteiger partial charge in [-0.1, -0.05) is 6.07 Å². The SMILES string of the molecule is COCc1cc(C(C)NCC(=O)N(C)C)ccc1OC. The zero-order valence-corrected chi connectivity index (χ0v) is 12.9. The smallest absolute Gasteiger partial charge is 0.236 e.